The zero-order chi connectivity index (χ0) is 11.4. The van der Waals surface area contributed by atoms with Crippen LogP contribution in [0.1, 0.15) is 13.3 Å². The van der Waals surface area contributed by atoms with Crippen LogP contribution in [0.25, 0.3) is 0 Å². The van der Waals surface area contributed by atoms with Gasteiger partial charge in [0.1, 0.15) is 5.78 Å². The number of hydrogen-bond donors (Lipinski definition) is 1. The zero-order valence-electron chi connectivity index (χ0n) is 8.01. The molecule has 1 amide bonds. The van der Waals surface area contributed by atoms with Crippen molar-refractivity contribution in [2.24, 2.45) is 0 Å². The summed E-state index contributed by atoms with van der Waals surface area (Å²) in [4.78, 5) is 22.0. The highest BCUT2D eigenvalue weighted by Gasteiger charge is 2.10. The largest absolute Gasteiger partial charge is 0.323 e. The van der Waals surface area contributed by atoms with Crippen LogP contribution in [0, 0.1) is 0 Å². The first-order valence-corrected chi connectivity index (χ1v) is 4.99. The Labute approximate surface area is 97.4 Å². The number of rotatable bonds is 3. The van der Waals surface area contributed by atoms with Gasteiger partial charge >= 0.3 is 0 Å². The van der Waals surface area contributed by atoms with Crippen LogP contribution in [0.3, 0.4) is 0 Å². The van der Waals surface area contributed by atoms with Crippen LogP contribution in [-0.4, -0.2) is 11.7 Å². The Morgan fingerprint density at radius 3 is 2.27 bits per heavy atom. The molecule has 0 bridgehead atoms. The highest BCUT2D eigenvalue weighted by molar-refractivity contribution is 6.39. The van der Waals surface area contributed by atoms with Gasteiger partial charge in [-0.25, -0.2) is 0 Å². The van der Waals surface area contributed by atoms with Crippen molar-refractivity contribution in [3.8, 4) is 0 Å². The Morgan fingerprint density at radius 2 is 1.80 bits per heavy atom. The lowest BCUT2D eigenvalue weighted by molar-refractivity contribution is -0.124. The van der Waals surface area contributed by atoms with Gasteiger partial charge in [-0.3, -0.25) is 9.59 Å². The van der Waals surface area contributed by atoms with Crippen molar-refractivity contribution in [1.29, 1.82) is 0 Å². The van der Waals surface area contributed by atoms with Gasteiger partial charge in [0.25, 0.3) is 0 Å². The second-order valence-electron chi connectivity index (χ2n) is 3.02. The number of halogens is 2. The fourth-order valence-corrected chi connectivity index (χ4v) is 1.52. The molecule has 1 rings (SSSR count). The summed E-state index contributed by atoms with van der Waals surface area (Å²) in [7, 11) is 0. The molecule has 3 nitrogen and oxygen atoms in total. The van der Waals surface area contributed by atoms with Crippen molar-refractivity contribution < 1.29 is 9.59 Å². The topological polar surface area (TPSA) is 46.2 Å². The molecule has 1 aromatic carbocycles. The molecule has 5 heteroatoms. The van der Waals surface area contributed by atoms with Crippen molar-refractivity contribution in [2.75, 3.05) is 5.32 Å². The van der Waals surface area contributed by atoms with Crippen LogP contribution < -0.4 is 5.32 Å². The molecule has 0 aliphatic heterocycles. The molecule has 0 fully saturated rings. The first-order valence-electron chi connectivity index (χ1n) is 4.24. The molecular weight excluding hydrogens is 237 g/mol. The summed E-state index contributed by atoms with van der Waals surface area (Å²) in [5.41, 5.74) is 0.340. The van der Waals surface area contributed by atoms with E-state index in [-0.39, 0.29) is 12.2 Å². The summed E-state index contributed by atoms with van der Waals surface area (Å²) in [6.45, 7) is 1.34. The number of para-hydroxylation sites is 1. The Balaban J connectivity index is 2.80. The van der Waals surface area contributed by atoms with Gasteiger partial charge in [0.05, 0.1) is 22.2 Å². The highest BCUT2D eigenvalue weighted by Crippen LogP contribution is 2.29. The molecule has 0 spiro atoms. The highest BCUT2D eigenvalue weighted by atomic mass is 35.5. The first kappa shape index (κ1) is 12.0. The second kappa shape index (κ2) is 5.14. The number of benzene rings is 1. The average molecular weight is 246 g/mol. The molecule has 0 aromatic heterocycles. The summed E-state index contributed by atoms with van der Waals surface area (Å²) in [6, 6.07) is 4.89. The molecule has 0 aliphatic carbocycles. The monoisotopic (exact) mass is 245 g/mol. The minimum atomic E-state index is -0.419. The zero-order valence-corrected chi connectivity index (χ0v) is 9.52. The molecule has 0 heterocycles. The Bertz CT molecular complexity index is 384. The molecule has 0 saturated carbocycles. The van der Waals surface area contributed by atoms with E-state index in [1.807, 2.05) is 0 Å². The fourth-order valence-electron chi connectivity index (χ4n) is 1.03. The van der Waals surface area contributed by atoms with Crippen molar-refractivity contribution in [3.63, 3.8) is 0 Å². The number of carbonyl (C=O) groups is 2. The molecule has 0 unspecified atom stereocenters. The Morgan fingerprint density at radius 1 is 1.27 bits per heavy atom. The minimum absolute atomic E-state index is 0.179. The lowest BCUT2D eigenvalue weighted by Crippen LogP contribution is -2.15. The van der Waals surface area contributed by atoms with E-state index in [4.69, 9.17) is 23.2 Å². The van der Waals surface area contributed by atoms with Gasteiger partial charge in [-0.2, -0.15) is 0 Å². The number of amides is 1. The number of ketones is 1. The van der Waals surface area contributed by atoms with E-state index in [0.29, 0.717) is 15.7 Å². The van der Waals surface area contributed by atoms with Crippen LogP contribution in [0.4, 0.5) is 5.69 Å². The molecule has 0 aliphatic rings. The molecule has 0 saturated heterocycles. The number of anilines is 1. The third kappa shape index (κ3) is 3.53. The minimum Gasteiger partial charge on any atom is -0.323 e. The number of Topliss-reactive ketones (excluding diaryl/α,β-unsaturated/α-hetero) is 1. The number of nitrogens with one attached hydrogen (secondary N) is 1. The van der Waals surface area contributed by atoms with Crippen LogP contribution in [-0.2, 0) is 9.59 Å². The normalized spacial score (nSPS) is 9.80. The van der Waals surface area contributed by atoms with E-state index in [1.54, 1.807) is 18.2 Å². The van der Waals surface area contributed by atoms with E-state index in [1.165, 1.54) is 6.92 Å². The van der Waals surface area contributed by atoms with Crippen molar-refractivity contribution >= 4 is 40.6 Å². The third-order valence-corrected chi connectivity index (χ3v) is 2.27. The molecule has 0 atom stereocenters. The maximum absolute atomic E-state index is 11.3. The standard InChI is InChI=1S/C10H9Cl2NO2/c1-6(14)5-9(15)13-10-7(11)3-2-4-8(10)12/h2-4H,5H2,1H3,(H,13,15). The third-order valence-electron chi connectivity index (χ3n) is 1.64. The van der Waals surface area contributed by atoms with E-state index < -0.39 is 5.91 Å². The molecule has 1 aromatic rings. The van der Waals surface area contributed by atoms with Gasteiger partial charge < -0.3 is 5.32 Å². The van der Waals surface area contributed by atoms with Gasteiger partial charge in [0.15, 0.2) is 0 Å². The predicted molar refractivity (Wildman–Crippen MR) is 60.4 cm³/mol. The second-order valence-corrected chi connectivity index (χ2v) is 3.84. The summed E-state index contributed by atoms with van der Waals surface area (Å²) in [5.74, 6) is -0.631. The smallest absolute Gasteiger partial charge is 0.231 e. The van der Waals surface area contributed by atoms with Gasteiger partial charge in [-0.1, -0.05) is 29.3 Å². The number of hydrogen-bond acceptors (Lipinski definition) is 2. The van der Waals surface area contributed by atoms with Gasteiger partial charge in [-0.05, 0) is 19.1 Å². The lowest BCUT2D eigenvalue weighted by atomic mass is 10.2. The summed E-state index contributed by atoms with van der Waals surface area (Å²) in [5, 5.41) is 3.18. The Kier molecular flexibility index (Phi) is 4.12. The SMILES string of the molecule is CC(=O)CC(=O)Nc1c(Cl)cccc1Cl. The summed E-state index contributed by atoms with van der Waals surface area (Å²) < 4.78 is 0. The van der Waals surface area contributed by atoms with Crippen LogP contribution in [0.2, 0.25) is 10.0 Å². The quantitative estimate of drug-likeness (QED) is 0.833. The van der Waals surface area contributed by atoms with Crippen LogP contribution in [0.5, 0.6) is 0 Å². The van der Waals surface area contributed by atoms with E-state index in [0.717, 1.165) is 0 Å². The Hall–Kier alpha value is -1.06. The maximum atomic E-state index is 11.3. The van der Waals surface area contributed by atoms with Crippen LogP contribution >= 0.6 is 23.2 Å². The summed E-state index contributed by atoms with van der Waals surface area (Å²) >= 11 is 11.7. The number of carbonyl (C=O) groups excluding carboxylic acids is 2. The van der Waals surface area contributed by atoms with E-state index >= 15 is 0 Å². The lowest BCUT2D eigenvalue weighted by Gasteiger charge is -2.07. The van der Waals surface area contributed by atoms with Gasteiger partial charge in [-0.15, -0.1) is 0 Å². The summed E-state index contributed by atoms with van der Waals surface area (Å²) in [6.07, 6.45) is -0.179. The van der Waals surface area contributed by atoms with Crippen molar-refractivity contribution in [3.05, 3.63) is 28.2 Å². The fraction of sp³-hybridized carbons (Fsp3) is 0.200. The molecular formula is C10H9Cl2NO2. The van der Waals surface area contributed by atoms with E-state index in [2.05, 4.69) is 5.32 Å². The average Bonchev–Trinajstić information content (AvgIpc) is 2.10. The maximum Gasteiger partial charge on any atom is 0.231 e. The predicted octanol–water partition coefficient (Wildman–Crippen LogP) is 2.91. The van der Waals surface area contributed by atoms with Gasteiger partial charge in [0, 0.05) is 0 Å². The van der Waals surface area contributed by atoms with Gasteiger partial charge in [0.2, 0.25) is 5.91 Å². The molecule has 80 valence electrons. The van der Waals surface area contributed by atoms with Crippen molar-refractivity contribution in [2.45, 2.75) is 13.3 Å². The molecule has 1 N–H and O–H groups in total. The first-order chi connectivity index (χ1) is 7.00. The van der Waals surface area contributed by atoms with Crippen LogP contribution in [0.15, 0.2) is 18.2 Å². The molecule has 0 radical (unpaired) electrons. The molecule has 15 heavy (non-hydrogen) atoms. The van der Waals surface area contributed by atoms with Crippen molar-refractivity contribution in [1.82, 2.24) is 0 Å². The van der Waals surface area contributed by atoms with E-state index in [9.17, 15) is 9.59 Å².